The number of nitrogens with one attached hydrogen (secondary N) is 3. The van der Waals surface area contributed by atoms with Crippen molar-refractivity contribution >= 4 is 35.4 Å². The van der Waals surface area contributed by atoms with E-state index in [1.54, 1.807) is 6.26 Å². The Balaban J connectivity index is 2.28. The predicted octanol–water partition coefficient (Wildman–Crippen LogP) is 2.25. The number of thioether (sulfide) groups is 1. The van der Waals surface area contributed by atoms with Crippen LogP contribution in [0, 0.1) is 11.3 Å². The molecule has 196 valence electrons. The minimum absolute atomic E-state index is 0.0664. The van der Waals surface area contributed by atoms with Crippen molar-refractivity contribution in [2.24, 2.45) is 11.3 Å². The van der Waals surface area contributed by atoms with Crippen molar-refractivity contribution in [2.45, 2.75) is 84.5 Å². The number of hydrazine groups is 1. The van der Waals surface area contributed by atoms with E-state index >= 15 is 0 Å². The molecule has 1 rings (SSSR count). The lowest BCUT2D eigenvalue weighted by atomic mass is 9.89. The Morgan fingerprint density at radius 3 is 2.47 bits per heavy atom. The van der Waals surface area contributed by atoms with Gasteiger partial charge in [-0.1, -0.05) is 34.1 Å². The van der Waals surface area contributed by atoms with E-state index in [1.807, 2.05) is 27.7 Å². The molecule has 3 N–H and O–H groups in total. The van der Waals surface area contributed by atoms with Crippen LogP contribution in [-0.2, 0) is 23.9 Å². The number of hydrogen-bond donors (Lipinski definition) is 3. The van der Waals surface area contributed by atoms with E-state index < -0.39 is 11.0 Å². The van der Waals surface area contributed by atoms with Gasteiger partial charge in [0.05, 0.1) is 10.9 Å². The predicted molar refractivity (Wildman–Crippen MR) is 135 cm³/mol. The monoisotopic (exact) mass is 500 g/mol. The number of carbonyl (C=O) groups is 4. The van der Waals surface area contributed by atoms with Gasteiger partial charge in [0.2, 0.25) is 23.6 Å². The van der Waals surface area contributed by atoms with Gasteiger partial charge in [0.25, 0.3) is 0 Å². The molecule has 0 aromatic rings. The van der Waals surface area contributed by atoms with Crippen LogP contribution < -0.4 is 16.2 Å². The first-order chi connectivity index (χ1) is 15.8. The maximum atomic E-state index is 12.4. The number of likely N-dealkylation sites (tertiary alicyclic amines) is 1. The number of carbonyl (C=O) groups excluding carboxylic acids is 4. The Bertz CT molecular complexity index is 713. The first-order valence-corrected chi connectivity index (χ1v) is 13.4. The first-order valence-electron chi connectivity index (χ1n) is 12.1. The molecule has 9 nitrogen and oxygen atoms in total. The van der Waals surface area contributed by atoms with Crippen LogP contribution in [0.4, 0.5) is 0 Å². The molecule has 10 heteroatoms. The van der Waals surface area contributed by atoms with Crippen molar-refractivity contribution in [1.82, 2.24) is 21.1 Å². The fourth-order valence-corrected chi connectivity index (χ4v) is 3.90. The van der Waals surface area contributed by atoms with Crippen molar-refractivity contribution < 1.29 is 23.9 Å². The highest BCUT2D eigenvalue weighted by Gasteiger charge is 2.37. The van der Waals surface area contributed by atoms with Crippen LogP contribution in [0.3, 0.4) is 0 Å². The van der Waals surface area contributed by atoms with Crippen LogP contribution in [0.2, 0.25) is 0 Å². The molecule has 0 bridgehead atoms. The van der Waals surface area contributed by atoms with E-state index in [9.17, 15) is 19.2 Å². The summed E-state index contributed by atoms with van der Waals surface area (Å²) in [5, 5.41) is 2.51. The maximum absolute atomic E-state index is 12.4. The number of nitrogens with zero attached hydrogens (tertiary/aromatic N) is 1. The van der Waals surface area contributed by atoms with Crippen LogP contribution in [0.15, 0.2) is 0 Å². The molecule has 1 aliphatic rings. The van der Waals surface area contributed by atoms with Gasteiger partial charge in [0.15, 0.2) is 0 Å². The second kappa shape index (κ2) is 14.0. The van der Waals surface area contributed by atoms with E-state index in [0.29, 0.717) is 31.9 Å². The number of ether oxygens (including phenoxy) is 1. The molecule has 1 saturated heterocycles. The lowest BCUT2D eigenvalue weighted by Crippen LogP contribution is -2.46. The van der Waals surface area contributed by atoms with Crippen LogP contribution in [0.1, 0.15) is 73.6 Å². The Labute approximate surface area is 208 Å². The van der Waals surface area contributed by atoms with Crippen molar-refractivity contribution in [2.75, 3.05) is 32.5 Å². The van der Waals surface area contributed by atoms with Gasteiger partial charge in [-0.05, 0) is 38.9 Å². The molecular weight excluding hydrogens is 456 g/mol. The second-order valence-electron chi connectivity index (χ2n) is 10.3. The van der Waals surface area contributed by atoms with Crippen LogP contribution in [-0.4, -0.2) is 71.9 Å². The zero-order valence-corrected chi connectivity index (χ0v) is 22.7. The van der Waals surface area contributed by atoms with Gasteiger partial charge in [-0.3, -0.25) is 29.5 Å². The van der Waals surface area contributed by atoms with E-state index in [4.69, 9.17) is 4.74 Å². The maximum Gasteiger partial charge on any atom is 0.242 e. The fourth-order valence-electron chi connectivity index (χ4n) is 3.26. The molecule has 1 aliphatic heterocycles. The van der Waals surface area contributed by atoms with E-state index in [2.05, 4.69) is 30.0 Å². The summed E-state index contributed by atoms with van der Waals surface area (Å²) in [6.07, 6.45) is 4.31. The van der Waals surface area contributed by atoms with E-state index in [1.165, 1.54) is 16.7 Å². The fraction of sp³-hybridized carbons (Fsp3) is 0.833. The average Bonchev–Trinajstić information content (AvgIpc) is 3.04. The van der Waals surface area contributed by atoms with E-state index in [-0.39, 0.29) is 48.3 Å². The summed E-state index contributed by atoms with van der Waals surface area (Å²) >= 11 is 1.36. The van der Waals surface area contributed by atoms with Crippen molar-refractivity contribution in [3.05, 3.63) is 0 Å². The highest BCUT2D eigenvalue weighted by Crippen LogP contribution is 2.24. The van der Waals surface area contributed by atoms with Gasteiger partial charge in [-0.2, -0.15) is 11.8 Å². The molecule has 0 aromatic heterocycles. The van der Waals surface area contributed by atoms with Gasteiger partial charge in [-0.15, -0.1) is 0 Å². The highest BCUT2D eigenvalue weighted by atomic mass is 32.2. The summed E-state index contributed by atoms with van der Waals surface area (Å²) in [6, 6.07) is 0. The van der Waals surface area contributed by atoms with Crippen LogP contribution >= 0.6 is 11.8 Å². The minimum atomic E-state index is -0.577. The molecule has 0 aromatic carbocycles. The zero-order chi connectivity index (χ0) is 25.9. The smallest absolute Gasteiger partial charge is 0.242 e. The third-order valence-corrected chi connectivity index (χ3v) is 7.22. The Kier molecular flexibility index (Phi) is 12.5. The van der Waals surface area contributed by atoms with Crippen molar-refractivity contribution in [1.29, 1.82) is 0 Å². The summed E-state index contributed by atoms with van der Waals surface area (Å²) in [7, 11) is 0. The van der Waals surface area contributed by atoms with Gasteiger partial charge >= 0.3 is 0 Å². The quantitative estimate of drug-likeness (QED) is 0.220. The molecule has 4 amide bonds. The molecule has 0 spiro atoms. The summed E-state index contributed by atoms with van der Waals surface area (Å²) in [5.74, 6) is -0.196. The number of rotatable bonds is 16. The van der Waals surface area contributed by atoms with Crippen LogP contribution in [0.25, 0.3) is 0 Å². The number of amides is 4. The van der Waals surface area contributed by atoms with Gasteiger partial charge in [0, 0.05) is 44.5 Å². The molecule has 0 radical (unpaired) electrons. The van der Waals surface area contributed by atoms with Gasteiger partial charge < -0.3 is 10.1 Å². The Morgan fingerprint density at radius 1 is 1.21 bits per heavy atom. The number of imide groups is 1. The Morgan fingerprint density at radius 2 is 1.88 bits per heavy atom. The lowest BCUT2D eigenvalue weighted by Gasteiger charge is -2.29. The third kappa shape index (κ3) is 10.3. The third-order valence-electron chi connectivity index (χ3n) is 6.28. The molecule has 1 heterocycles. The molecule has 2 atom stereocenters. The van der Waals surface area contributed by atoms with E-state index in [0.717, 1.165) is 13.0 Å². The topological polar surface area (TPSA) is 117 Å². The molecule has 34 heavy (non-hydrogen) atoms. The molecule has 0 saturated carbocycles. The molecule has 2 unspecified atom stereocenters. The summed E-state index contributed by atoms with van der Waals surface area (Å²) in [6.45, 7) is 13.6. The summed E-state index contributed by atoms with van der Waals surface area (Å²) in [4.78, 5) is 49.8. The molecule has 1 fully saturated rings. The Hall–Kier alpha value is -1.65. The minimum Gasteiger partial charge on any atom is -0.375 e. The summed E-state index contributed by atoms with van der Waals surface area (Å²) < 4.78 is 6.00. The second-order valence-corrected chi connectivity index (χ2v) is 11.3. The zero-order valence-electron chi connectivity index (χ0n) is 21.9. The SMILES string of the molecule is CCC(C)CNNC(=O)C(C)(C)CCOC(C)(C)CCNC(=O)CCN1C(=O)CC(SC)C1=O. The molecular formula is C24H44N4O5S. The van der Waals surface area contributed by atoms with Crippen LogP contribution in [0.5, 0.6) is 0 Å². The summed E-state index contributed by atoms with van der Waals surface area (Å²) in [5.41, 5.74) is 4.74. The standard InChI is InChI=1S/C24H44N4O5S/c1-8-17(2)16-26-27-22(32)23(3,4)11-14-33-24(5,6)10-12-25-19(29)9-13-28-20(30)15-18(34-7)21(28)31/h17-18,26H,8-16H2,1-7H3,(H,25,29)(H,27,32). The average molecular weight is 501 g/mol. The van der Waals surface area contributed by atoms with Crippen molar-refractivity contribution in [3.8, 4) is 0 Å². The van der Waals surface area contributed by atoms with Gasteiger partial charge in [0.1, 0.15) is 0 Å². The normalized spacial score (nSPS) is 17.7. The molecule has 0 aliphatic carbocycles. The lowest BCUT2D eigenvalue weighted by molar-refractivity contribution is -0.138. The largest absolute Gasteiger partial charge is 0.375 e. The van der Waals surface area contributed by atoms with Gasteiger partial charge in [-0.25, -0.2) is 5.43 Å². The number of hydrogen-bond acceptors (Lipinski definition) is 7. The highest BCUT2D eigenvalue weighted by molar-refractivity contribution is 8.00. The van der Waals surface area contributed by atoms with Crippen molar-refractivity contribution in [3.63, 3.8) is 0 Å². The first kappa shape index (κ1) is 30.4.